The molecule has 1 atom stereocenters. The van der Waals surface area contributed by atoms with Crippen LogP contribution in [0.5, 0.6) is 0 Å². The molecule has 0 fully saturated rings. The summed E-state index contributed by atoms with van der Waals surface area (Å²) in [6.07, 6.45) is 0. The maximum Gasteiger partial charge on any atom is 0.110 e. The second-order valence-electron chi connectivity index (χ2n) is 2.84. The zero-order valence-corrected chi connectivity index (χ0v) is 7.54. The predicted octanol–water partition coefficient (Wildman–Crippen LogP) is 1.28. The molecular weight excluding hydrogens is 154 g/mol. The molecule has 0 bridgehead atoms. The second kappa shape index (κ2) is 4.28. The summed E-state index contributed by atoms with van der Waals surface area (Å²) >= 11 is 0. The van der Waals surface area contributed by atoms with Crippen molar-refractivity contribution < 1.29 is 9.15 Å². The van der Waals surface area contributed by atoms with Gasteiger partial charge < -0.3 is 14.9 Å². The molecule has 3 nitrogen and oxygen atoms in total. The molecule has 68 valence electrons. The number of hydrogen-bond acceptors (Lipinski definition) is 3. The molecule has 3 heteroatoms. The van der Waals surface area contributed by atoms with E-state index in [9.17, 15) is 0 Å². The molecule has 0 aliphatic rings. The first kappa shape index (κ1) is 9.29. The van der Waals surface area contributed by atoms with Crippen LogP contribution in [-0.2, 0) is 4.74 Å². The van der Waals surface area contributed by atoms with Crippen LogP contribution in [0.15, 0.2) is 16.5 Å². The van der Waals surface area contributed by atoms with Crippen LogP contribution in [0.2, 0.25) is 0 Å². The predicted molar refractivity (Wildman–Crippen MR) is 47.1 cm³/mol. The summed E-state index contributed by atoms with van der Waals surface area (Å²) in [7, 11) is 1.67. The molecule has 1 aromatic rings. The van der Waals surface area contributed by atoms with Crippen LogP contribution in [0.3, 0.4) is 0 Å². The quantitative estimate of drug-likeness (QED) is 0.738. The van der Waals surface area contributed by atoms with Gasteiger partial charge in [0.15, 0.2) is 0 Å². The Morgan fingerprint density at radius 1 is 1.58 bits per heavy atom. The third kappa shape index (κ3) is 2.09. The largest absolute Gasteiger partial charge is 0.466 e. The van der Waals surface area contributed by atoms with E-state index in [-0.39, 0.29) is 5.92 Å². The Balaban J connectivity index is 2.66. The zero-order chi connectivity index (χ0) is 8.97. The van der Waals surface area contributed by atoms with Gasteiger partial charge in [-0.05, 0) is 19.1 Å². The van der Waals surface area contributed by atoms with E-state index in [1.165, 1.54) is 0 Å². The fraction of sp³-hybridized carbons (Fsp3) is 0.556. The van der Waals surface area contributed by atoms with E-state index in [1.54, 1.807) is 7.11 Å². The van der Waals surface area contributed by atoms with E-state index in [2.05, 4.69) is 0 Å². The van der Waals surface area contributed by atoms with Gasteiger partial charge in [0.25, 0.3) is 0 Å². The number of methoxy groups -OCH3 is 1. The van der Waals surface area contributed by atoms with Crippen LogP contribution in [0.25, 0.3) is 0 Å². The van der Waals surface area contributed by atoms with Gasteiger partial charge in [-0.3, -0.25) is 0 Å². The van der Waals surface area contributed by atoms with E-state index in [0.717, 1.165) is 11.5 Å². The lowest BCUT2D eigenvalue weighted by Crippen LogP contribution is -2.16. The summed E-state index contributed by atoms with van der Waals surface area (Å²) < 4.78 is 10.4. The maximum atomic E-state index is 5.56. The lowest BCUT2D eigenvalue weighted by atomic mass is 10.1. The van der Waals surface area contributed by atoms with E-state index in [0.29, 0.717) is 13.2 Å². The van der Waals surface area contributed by atoms with Gasteiger partial charge in [0.1, 0.15) is 11.5 Å². The van der Waals surface area contributed by atoms with Gasteiger partial charge in [-0.1, -0.05) is 0 Å². The number of nitrogens with two attached hydrogens (primary N) is 1. The molecule has 1 unspecified atom stereocenters. The summed E-state index contributed by atoms with van der Waals surface area (Å²) in [5.41, 5.74) is 5.56. The van der Waals surface area contributed by atoms with Crippen molar-refractivity contribution in [3.05, 3.63) is 23.7 Å². The van der Waals surface area contributed by atoms with Crippen LogP contribution in [0.4, 0.5) is 0 Å². The van der Waals surface area contributed by atoms with Gasteiger partial charge in [0.2, 0.25) is 0 Å². The van der Waals surface area contributed by atoms with E-state index in [4.69, 9.17) is 14.9 Å². The molecule has 0 spiro atoms. The molecule has 0 saturated carbocycles. The van der Waals surface area contributed by atoms with Gasteiger partial charge in [-0.25, -0.2) is 0 Å². The highest BCUT2D eigenvalue weighted by Gasteiger charge is 2.12. The highest BCUT2D eigenvalue weighted by atomic mass is 16.5. The van der Waals surface area contributed by atoms with Crippen molar-refractivity contribution in [3.63, 3.8) is 0 Å². The minimum Gasteiger partial charge on any atom is -0.466 e. The SMILES string of the molecule is COCC(CN)c1ccc(C)o1. The Kier molecular flexibility index (Phi) is 3.31. The molecule has 0 radical (unpaired) electrons. The van der Waals surface area contributed by atoms with E-state index in [1.807, 2.05) is 19.1 Å². The summed E-state index contributed by atoms with van der Waals surface area (Å²) in [4.78, 5) is 0. The first-order chi connectivity index (χ1) is 5.77. The Labute approximate surface area is 72.5 Å². The Morgan fingerprint density at radius 3 is 2.75 bits per heavy atom. The molecule has 0 aliphatic heterocycles. The zero-order valence-electron chi connectivity index (χ0n) is 7.54. The minimum absolute atomic E-state index is 0.184. The summed E-state index contributed by atoms with van der Waals surface area (Å²) in [6.45, 7) is 3.09. The molecular formula is C9H15NO2. The van der Waals surface area contributed by atoms with Crippen LogP contribution < -0.4 is 5.73 Å². The van der Waals surface area contributed by atoms with Crippen molar-refractivity contribution in [3.8, 4) is 0 Å². The molecule has 12 heavy (non-hydrogen) atoms. The van der Waals surface area contributed by atoms with Gasteiger partial charge in [0, 0.05) is 13.7 Å². The van der Waals surface area contributed by atoms with Gasteiger partial charge in [0.05, 0.1) is 12.5 Å². The number of rotatable bonds is 4. The second-order valence-corrected chi connectivity index (χ2v) is 2.84. The van der Waals surface area contributed by atoms with Crippen LogP contribution >= 0.6 is 0 Å². The minimum atomic E-state index is 0.184. The molecule has 1 aromatic heterocycles. The summed E-state index contributed by atoms with van der Waals surface area (Å²) in [5, 5.41) is 0. The first-order valence-corrected chi connectivity index (χ1v) is 4.03. The van der Waals surface area contributed by atoms with Crippen molar-refractivity contribution in [2.24, 2.45) is 5.73 Å². The Morgan fingerprint density at radius 2 is 2.33 bits per heavy atom. The number of aryl methyl sites for hydroxylation is 1. The molecule has 0 saturated heterocycles. The van der Waals surface area contributed by atoms with Crippen molar-refractivity contribution in [1.82, 2.24) is 0 Å². The van der Waals surface area contributed by atoms with Crippen molar-refractivity contribution in [2.75, 3.05) is 20.3 Å². The standard InChI is InChI=1S/C9H15NO2/c1-7-3-4-9(12-7)8(5-10)6-11-2/h3-4,8H,5-6,10H2,1-2H3. The van der Waals surface area contributed by atoms with Crippen molar-refractivity contribution in [2.45, 2.75) is 12.8 Å². The van der Waals surface area contributed by atoms with E-state index >= 15 is 0 Å². The fourth-order valence-electron chi connectivity index (χ4n) is 1.14. The molecule has 0 amide bonds. The fourth-order valence-corrected chi connectivity index (χ4v) is 1.14. The lowest BCUT2D eigenvalue weighted by Gasteiger charge is -2.09. The number of ether oxygens (including phenoxy) is 1. The highest BCUT2D eigenvalue weighted by Crippen LogP contribution is 2.17. The monoisotopic (exact) mass is 169 g/mol. The normalized spacial score (nSPS) is 13.2. The molecule has 0 aromatic carbocycles. The number of hydrogen-bond donors (Lipinski definition) is 1. The van der Waals surface area contributed by atoms with Crippen molar-refractivity contribution >= 4 is 0 Å². The smallest absolute Gasteiger partial charge is 0.110 e. The molecule has 1 rings (SSSR count). The molecule has 2 N–H and O–H groups in total. The molecule has 0 aliphatic carbocycles. The average molecular weight is 169 g/mol. The third-order valence-electron chi connectivity index (χ3n) is 1.82. The van der Waals surface area contributed by atoms with Gasteiger partial charge in [-0.2, -0.15) is 0 Å². The van der Waals surface area contributed by atoms with Gasteiger partial charge >= 0.3 is 0 Å². The Bertz CT molecular complexity index is 232. The van der Waals surface area contributed by atoms with Gasteiger partial charge in [-0.15, -0.1) is 0 Å². The van der Waals surface area contributed by atoms with E-state index < -0.39 is 0 Å². The maximum absolute atomic E-state index is 5.56. The van der Waals surface area contributed by atoms with Crippen LogP contribution in [-0.4, -0.2) is 20.3 Å². The molecule has 1 heterocycles. The Hall–Kier alpha value is -0.800. The highest BCUT2D eigenvalue weighted by molar-refractivity contribution is 5.10. The third-order valence-corrected chi connectivity index (χ3v) is 1.82. The number of furan rings is 1. The summed E-state index contributed by atoms with van der Waals surface area (Å²) in [5.74, 6) is 2.01. The van der Waals surface area contributed by atoms with Crippen molar-refractivity contribution in [1.29, 1.82) is 0 Å². The van der Waals surface area contributed by atoms with Crippen LogP contribution in [0.1, 0.15) is 17.4 Å². The summed E-state index contributed by atoms with van der Waals surface area (Å²) in [6, 6.07) is 3.89. The average Bonchev–Trinajstić information content (AvgIpc) is 2.47. The topological polar surface area (TPSA) is 48.4 Å². The van der Waals surface area contributed by atoms with Crippen LogP contribution in [0, 0.1) is 6.92 Å². The lowest BCUT2D eigenvalue weighted by molar-refractivity contribution is 0.172. The first-order valence-electron chi connectivity index (χ1n) is 4.03.